The summed E-state index contributed by atoms with van der Waals surface area (Å²) in [6.07, 6.45) is -0.217. The molecule has 1 unspecified atom stereocenters. The zero-order chi connectivity index (χ0) is 23.1. The van der Waals surface area contributed by atoms with E-state index in [-0.39, 0.29) is 32.3 Å². The van der Waals surface area contributed by atoms with Crippen LogP contribution in [0.5, 0.6) is 0 Å². The summed E-state index contributed by atoms with van der Waals surface area (Å²) in [5.41, 5.74) is 0. The molecule has 0 radical (unpaired) electrons. The maximum absolute atomic E-state index is 11.6. The van der Waals surface area contributed by atoms with Crippen molar-refractivity contribution in [1.29, 1.82) is 0 Å². The Hall–Kier alpha value is -2.95. The standard InChI is InChI=1S/C16H22O9.C3H6O2/c1-4-12(17)23-10-8-16(22-9-11(10)24-13(18)5-2)25-15(20)7-6-14(19)21-3;1-2-3(4)5/h6-7,10-11,16H,4-5,8-9H2,1-3H3;2H2,1H3,(H,4,5)/b7-6+;/t10?,11-,16-;/m1./s1. The number of ether oxygens (including phenoxy) is 5. The van der Waals surface area contributed by atoms with Crippen molar-refractivity contribution in [3.8, 4) is 0 Å². The van der Waals surface area contributed by atoms with Gasteiger partial charge in [0.25, 0.3) is 0 Å². The molecule has 170 valence electrons. The van der Waals surface area contributed by atoms with E-state index in [0.29, 0.717) is 0 Å². The molecule has 1 saturated heterocycles. The molecule has 0 aliphatic carbocycles. The maximum Gasteiger partial charge on any atom is 0.333 e. The molecule has 30 heavy (non-hydrogen) atoms. The average Bonchev–Trinajstić information content (AvgIpc) is 2.73. The van der Waals surface area contributed by atoms with Gasteiger partial charge in [-0.1, -0.05) is 20.8 Å². The first kappa shape index (κ1) is 27.0. The lowest BCUT2D eigenvalue weighted by Crippen LogP contribution is -2.47. The number of hydrogen-bond acceptors (Lipinski definition) is 10. The van der Waals surface area contributed by atoms with Gasteiger partial charge in [0.15, 0.2) is 6.10 Å². The fourth-order valence-corrected chi connectivity index (χ4v) is 1.91. The maximum atomic E-state index is 11.6. The van der Waals surface area contributed by atoms with Gasteiger partial charge < -0.3 is 28.8 Å². The minimum absolute atomic E-state index is 0.00516. The molecule has 0 aromatic carbocycles. The van der Waals surface area contributed by atoms with Crippen LogP contribution in [-0.4, -0.2) is 67.2 Å². The molecule has 11 nitrogen and oxygen atoms in total. The molecular formula is C19H28O11. The summed E-state index contributed by atoms with van der Waals surface area (Å²) in [6.45, 7) is 4.77. The van der Waals surface area contributed by atoms with E-state index in [1.54, 1.807) is 20.8 Å². The Morgan fingerprint density at radius 3 is 1.83 bits per heavy atom. The van der Waals surface area contributed by atoms with Gasteiger partial charge in [0, 0.05) is 31.4 Å². The third kappa shape index (κ3) is 11.8. The number of methoxy groups -OCH3 is 1. The summed E-state index contributed by atoms with van der Waals surface area (Å²) in [6, 6.07) is 0. The number of aliphatic carboxylic acids is 1. The van der Waals surface area contributed by atoms with Gasteiger partial charge in [0.05, 0.1) is 20.1 Å². The Balaban J connectivity index is 0.00000150. The summed E-state index contributed by atoms with van der Waals surface area (Å²) in [7, 11) is 1.17. The molecule has 3 atom stereocenters. The van der Waals surface area contributed by atoms with Gasteiger partial charge in [-0.3, -0.25) is 14.4 Å². The Bertz CT molecular complexity index is 626. The molecule has 0 amide bonds. The summed E-state index contributed by atoms with van der Waals surface area (Å²) in [5, 5.41) is 7.72. The number of carboxylic acid groups (broad SMARTS) is 1. The second-order valence-corrected chi connectivity index (χ2v) is 5.80. The fourth-order valence-electron chi connectivity index (χ4n) is 1.91. The largest absolute Gasteiger partial charge is 0.481 e. The van der Waals surface area contributed by atoms with Gasteiger partial charge in [-0.2, -0.15) is 0 Å². The summed E-state index contributed by atoms with van der Waals surface area (Å²) in [4.78, 5) is 54.9. The third-order valence-electron chi connectivity index (χ3n) is 3.54. The molecule has 1 N–H and O–H groups in total. The molecule has 0 saturated carbocycles. The number of rotatable bonds is 8. The van der Waals surface area contributed by atoms with Crippen LogP contribution in [0.25, 0.3) is 0 Å². The first-order chi connectivity index (χ1) is 14.2. The van der Waals surface area contributed by atoms with Gasteiger partial charge in [0.1, 0.15) is 6.10 Å². The van der Waals surface area contributed by atoms with E-state index in [0.717, 1.165) is 12.2 Å². The summed E-state index contributed by atoms with van der Waals surface area (Å²) in [5.74, 6) is -3.20. The van der Waals surface area contributed by atoms with Crippen molar-refractivity contribution >= 4 is 29.8 Å². The Labute approximate surface area is 174 Å². The van der Waals surface area contributed by atoms with Crippen LogP contribution in [0.4, 0.5) is 0 Å². The first-order valence-electron chi connectivity index (χ1n) is 9.35. The van der Waals surface area contributed by atoms with Crippen molar-refractivity contribution in [2.24, 2.45) is 0 Å². The number of esters is 4. The van der Waals surface area contributed by atoms with E-state index < -0.39 is 48.3 Å². The minimum atomic E-state index is -0.999. The van der Waals surface area contributed by atoms with Gasteiger partial charge in [-0.15, -0.1) is 0 Å². The zero-order valence-electron chi connectivity index (χ0n) is 17.5. The van der Waals surface area contributed by atoms with Crippen molar-refractivity contribution in [2.75, 3.05) is 13.7 Å². The van der Waals surface area contributed by atoms with E-state index in [1.807, 2.05) is 0 Å². The third-order valence-corrected chi connectivity index (χ3v) is 3.54. The van der Waals surface area contributed by atoms with Gasteiger partial charge in [-0.05, 0) is 0 Å². The average molecular weight is 432 g/mol. The number of carboxylic acids is 1. The van der Waals surface area contributed by atoms with Crippen LogP contribution in [0.2, 0.25) is 0 Å². The van der Waals surface area contributed by atoms with Crippen LogP contribution < -0.4 is 0 Å². The lowest BCUT2D eigenvalue weighted by Gasteiger charge is -2.34. The van der Waals surface area contributed by atoms with Crippen molar-refractivity contribution in [3.05, 3.63) is 12.2 Å². The van der Waals surface area contributed by atoms with Gasteiger partial charge in [0.2, 0.25) is 6.29 Å². The Kier molecular flexibility index (Phi) is 13.5. The molecule has 1 aliphatic heterocycles. The van der Waals surface area contributed by atoms with E-state index in [1.165, 1.54) is 7.11 Å². The highest BCUT2D eigenvalue weighted by molar-refractivity contribution is 5.91. The highest BCUT2D eigenvalue weighted by Gasteiger charge is 2.37. The first-order valence-corrected chi connectivity index (χ1v) is 9.35. The van der Waals surface area contributed by atoms with Crippen molar-refractivity contribution in [2.45, 2.75) is 65.0 Å². The fraction of sp³-hybridized carbons (Fsp3) is 0.632. The molecule has 1 rings (SSSR count). The van der Waals surface area contributed by atoms with Crippen LogP contribution in [0, 0.1) is 0 Å². The highest BCUT2D eigenvalue weighted by atomic mass is 16.7. The van der Waals surface area contributed by atoms with E-state index in [2.05, 4.69) is 4.74 Å². The van der Waals surface area contributed by atoms with Crippen LogP contribution in [0.15, 0.2) is 12.2 Å². The summed E-state index contributed by atoms with van der Waals surface area (Å²) >= 11 is 0. The van der Waals surface area contributed by atoms with Gasteiger partial charge >= 0.3 is 29.8 Å². The SMILES string of the molecule is CCC(=O)O.CCC(=O)OC1C[C@@H](OC(=O)/C=C/C(=O)OC)OC[C@H]1OC(=O)CC. The second-order valence-electron chi connectivity index (χ2n) is 5.80. The topological polar surface area (TPSA) is 152 Å². The van der Waals surface area contributed by atoms with Crippen molar-refractivity contribution in [3.63, 3.8) is 0 Å². The molecule has 1 fully saturated rings. The van der Waals surface area contributed by atoms with E-state index >= 15 is 0 Å². The number of carbonyl (C=O) groups is 5. The van der Waals surface area contributed by atoms with Crippen LogP contribution in [0.1, 0.15) is 46.5 Å². The quantitative estimate of drug-likeness (QED) is 0.334. The lowest BCUT2D eigenvalue weighted by atomic mass is 10.1. The van der Waals surface area contributed by atoms with E-state index in [9.17, 15) is 24.0 Å². The molecule has 1 aliphatic rings. The van der Waals surface area contributed by atoms with Gasteiger partial charge in [-0.25, -0.2) is 9.59 Å². The molecule has 1 heterocycles. The van der Waals surface area contributed by atoms with Crippen LogP contribution >= 0.6 is 0 Å². The van der Waals surface area contributed by atoms with Crippen LogP contribution in [0.3, 0.4) is 0 Å². The molecule has 0 aromatic rings. The number of hydrogen-bond donors (Lipinski definition) is 1. The molecule has 0 spiro atoms. The minimum Gasteiger partial charge on any atom is -0.481 e. The highest BCUT2D eigenvalue weighted by Crippen LogP contribution is 2.22. The zero-order valence-corrected chi connectivity index (χ0v) is 17.5. The van der Waals surface area contributed by atoms with Crippen LogP contribution in [-0.2, 0) is 47.7 Å². The lowest BCUT2D eigenvalue weighted by molar-refractivity contribution is -0.228. The second kappa shape index (κ2) is 15.0. The van der Waals surface area contributed by atoms with Crippen molar-refractivity contribution in [1.82, 2.24) is 0 Å². The molecule has 11 heteroatoms. The molecule has 0 bridgehead atoms. The molecule has 0 aromatic heterocycles. The Morgan fingerprint density at radius 2 is 1.37 bits per heavy atom. The monoisotopic (exact) mass is 432 g/mol. The smallest absolute Gasteiger partial charge is 0.333 e. The normalized spacial score (nSPS) is 20.3. The molecular weight excluding hydrogens is 404 g/mol. The predicted molar refractivity (Wildman–Crippen MR) is 99.9 cm³/mol. The number of carbonyl (C=O) groups excluding carboxylic acids is 4. The summed E-state index contributed by atoms with van der Waals surface area (Å²) < 4.78 is 25.1. The van der Waals surface area contributed by atoms with E-state index in [4.69, 9.17) is 24.1 Å². The Morgan fingerprint density at radius 1 is 0.867 bits per heavy atom. The van der Waals surface area contributed by atoms with Crippen molar-refractivity contribution < 1.29 is 52.8 Å². The predicted octanol–water partition coefficient (Wildman–Crippen LogP) is 1.13.